The quantitative estimate of drug-likeness (QED) is 0.371. The molecule has 148 valence electrons. The van der Waals surface area contributed by atoms with Crippen LogP contribution >= 0.6 is 11.6 Å². The molecule has 1 fully saturated rings. The Balaban J connectivity index is 1.39. The van der Waals surface area contributed by atoms with E-state index in [9.17, 15) is 14.9 Å². The molecule has 0 aromatic carbocycles. The number of nitro groups is 1. The maximum atomic E-state index is 12.6. The average molecular weight is 413 g/mol. The van der Waals surface area contributed by atoms with Gasteiger partial charge in [0.1, 0.15) is 17.7 Å². The van der Waals surface area contributed by atoms with Crippen molar-refractivity contribution in [2.75, 3.05) is 31.1 Å². The van der Waals surface area contributed by atoms with E-state index in [1.807, 2.05) is 33.7 Å². The summed E-state index contributed by atoms with van der Waals surface area (Å²) in [5, 5.41) is 11.1. The van der Waals surface area contributed by atoms with E-state index in [4.69, 9.17) is 11.6 Å². The number of amides is 1. The van der Waals surface area contributed by atoms with Crippen LogP contribution in [0.15, 0.2) is 48.8 Å². The van der Waals surface area contributed by atoms with Crippen LogP contribution in [0, 0.1) is 10.1 Å². The van der Waals surface area contributed by atoms with Crippen LogP contribution in [0.5, 0.6) is 0 Å². The molecule has 29 heavy (non-hydrogen) atoms. The van der Waals surface area contributed by atoms with Gasteiger partial charge in [-0.05, 0) is 24.3 Å². The smallest absolute Gasteiger partial charge is 0.287 e. The highest BCUT2D eigenvalue weighted by Gasteiger charge is 2.21. The number of anilines is 1. The number of piperazine rings is 1. The van der Waals surface area contributed by atoms with Crippen molar-refractivity contribution >= 4 is 40.7 Å². The average Bonchev–Trinajstić information content (AvgIpc) is 3.07. The van der Waals surface area contributed by atoms with Gasteiger partial charge in [-0.15, -0.1) is 0 Å². The van der Waals surface area contributed by atoms with E-state index >= 15 is 0 Å². The second-order valence-corrected chi connectivity index (χ2v) is 6.85. The monoisotopic (exact) mass is 412 g/mol. The van der Waals surface area contributed by atoms with E-state index in [0.717, 1.165) is 0 Å². The zero-order chi connectivity index (χ0) is 20.4. The molecule has 3 aromatic heterocycles. The SMILES string of the molecule is O=C(/C=C/c1c(Cl)nc2ccccn12)N1CCN(c2ccc([N+](=O)[O-])cn2)CC1. The highest BCUT2D eigenvalue weighted by Crippen LogP contribution is 2.20. The number of hydrogen-bond acceptors (Lipinski definition) is 6. The predicted octanol–water partition coefficient (Wildman–Crippen LogP) is 2.65. The van der Waals surface area contributed by atoms with Crippen molar-refractivity contribution in [3.8, 4) is 0 Å². The Labute approximate surface area is 171 Å². The van der Waals surface area contributed by atoms with Crippen LogP contribution in [0.3, 0.4) is 0 Å². The van der Waals surface area contributed by atoms with E-state index in [-0.39, 0.29) is 11.6 Å². The normalized spacial score (nSPS) is 14.7. The van der Waals surface area contributed by atoms with Crippen molar-refractivity contribution in [3.63, 3.8) is 0 Å². The lowest BCUT2D eigenvalue weighted by Crippen LogP contribution is -2.48. The number of fused-ring (bicyclic) bond motifs is 1. The first kappa shape index (κ1) is 18.9. The minimum Gasteiger partial charge on any atom is -0.353 e. The number of nitrogens with zero attached hydrogens (tertiary/aromatic N) is 6. The number of carbonyl (C=O) groups is 1. The third kappa shape index (κ3) is 3.90. The number of hydrogen-bond donors (Lipinski definition) is 0. The largest absolute Gasteiger partial charge is 0.353 e. The van der Waals surface area contributed by atoms with Gasteiger partial charge in [0.2, 0.25) is 5.91 Å². The molecular formula is C19H17ClN6O3. The molecule has 0 saturated carbocycles. The highest BCUT2D eigenvalue weighted by atomic mass is 35.5. The molecule has 0 spiro atoms. The Morgan fingerprint density at radius 1 is 1.17 bits per heavy atom. The Bertz CT molecular complexity index is 1090. The number of carbonyl (C=O) groups excluding carboxylic acids is 1. The fraction of sp³-hybridized carbons (Fsp3) is 0.211. The predicted molar refractivity (Wildman–Crippen MR) is 109 cm³/mol. The number of imidazole rings is 1. The minimum absolute atomic E-state index is 0.0428. The van der Waals surface area contributed by atoms with Crippen molar-refractivity contribution < 1.29 is 9.72 Å². The van der Waals surface area contributed by atoms with Crippen LogP contribution in [0.2, 0.25) is 5.15 Å². The summed E-state index contributed by atoms with van der Waals surface area (Å²) < 4.78 is 1.82. The van der Waals surface area contributed by atoms with Crippen molar-refractivity contribution in [1.29, 1.82) is 0 Å². The fourth-order valence-electron chi connectivity index (χ4n) is 3.22. The Morgan fingerprint density at radius 3 is 2.66 bits per heavy atom. The lowest BCUT2D eigenvalue weighted by atomic mass is 10.2. The fourth-order valence-corrected chi connectivity index (χ4v) is 3.46. The van der Waals surface area contributed by atoms with E-state index < -0.39 is 4.92 Å². The number of rotatable bonds is 4. The molecule has 0 radical (unpaired) electrons. The summed E-state index contributed by atoms with van der Waals surface area (Å²) in [7, 11) is 0. The standard InChI is InChI=1S/C19H17ClN6O3/c20-19-15(25-8-2-1-3-17(25)22-19)5-7-18(27)24-11-9-23(10-12-24)16-6-4-14(13-21-16)26(28)29/h1-8,13H,9-12H2/b7-5+. The molecule has 10 heteroatoms. The number of aromatic nitrogens is 3. The zero-order valence-electron chi connectivity index (χ0n) is 15.3. The van der Waals surface area contributed by atoms with Crippen molar-refractivity contribution in [2.45, 2.75) is 0 Å². The van der Waals surface area contributed by atoms with Crippen LogP contribution in [-0.2, 0) is 4.79 Å². The minimum atomic E-state index is -0.476. The van der Waals surface area contributed by atoms with Gasteiger partial charge in [0, 0.05) is 44.5 Å². The summed E-state index contributed by atoms with van der Waals surface area (Å²) >= 11 is 6.19. The Morgan fingerprint density at radius 2 is 1.97 bits per heavy atom. The molecule has 9 nitrogen and oxygen atoms in total. The first-order valence-electron chi connectivity index (χ1n) is 8.98. The molecule has 1 aliphatic rings. The van der Waals surface area contributed by atoms with Crippen molar-refractivity contribution in [3.05, 3.63) is 69.8 Å². The van der Waals surface area contributed by atoms with Gasteiger partial charge in [-0.3, -0.25) is 19.3 Å². The van der Waals surface area contributed by atoms with Gasteiger partial charge in [0.15, 0.2) is 5.15 Å². The van der Waals surface area contributed by atoms with Crippen LogP contribution in [0.4, 0.5) is 11.5 Å². The van der Waals surface area contributed by atoms with Gasteiger partial charge in [0.25, 0.3) is 5.69 Å². The maximum absolute atomic E-state index is 12.6. The van der Waals surface area contributed by atoms with Crippen molar-refractivity contribution in [1.82, 2.24) is 19.3 Å². The molecule has 0 atom stereocenters. The molecule has 3 aromatic rings. The third-order valence-corrected chi connectivity index (χ3v) is 5.04. The number of halogens is 1. The molecular weight excluding hydrogens is 396 g/mol. The van der Waals surface area contributed by atoms with Gasteiger partial charge in [-0.2, -0.15) is 0 Å². The third-order valence-electron chi connectivity index (χ3n) is 4.76. The van der Waals surface area contributed by atoms with E-state index in [1.165, 1.54) is 18.3 Å². The summed E-state index contributed by atoms with van der Waals surface area (Å²) in [6.45, 7) is 2.26. The lowest BCUT2D eigenvalue weighted by molar-refractivity contribution is -0.385. The molecule has 1 amide bonds. The van der Waals surface area contributed by atoms with E-state index in [1.54, 1.807) is 17.0 Å². The van der Waals surface area contributed by atoms with Crippen LogP contribution in [0.1, 0.15) is 5.69 Å². The second kappa shape index (κ2) is 7.88. The molecule has 0 bridgehead atoms. The Hall–Kier alpha value is -3.46. The maximum Gasteiger partial charge on any atom is 0.287 e. The first-order valence-corrected chi connectivity index (χ1v) is 9.36. The molecule has 4 heterocycles. The number of pyridine rings is 2. The summed E-state index contributed by atoms with van der Waals surface area (Å²) in [5.41, 5.74) is 1.33. The van der Waals surface area contributed by atoms with Crippen LogP contribution in [0.25, 0.3) is 11.7 Å². The molecule has 4 rings (SSSR count). The van der Waals surface area contributed by atoms with E-state index in [0.29, 0.717) is 48.5 Å². The topological polar surface area (TPSA) is 96.9 Å². The van der Waals surface area contributed by atoms with Gasteiger partial charge >= 0.3 is 0 Å². The first-order chi connectivity index (χ1) is 14.0. The van der Waals surface area contributed by atoms with Gasteiger partial charge in [0.05, 0.1) is 10.6 Å². The Kier molecular flexibility index (Phi) is 5.13. The summed E-state index contributed by atoms with van der Waals surface area (Å²) in [6, 6.07) is 8.65. The molecule has 0 unspecified atom stereocenters. The molecule has 1 aliphatic heterocycles. The van der Waals surface area contributed by atoms with Gasteiger partial charge in [-0.25, -0.2) is 9.97 Å². The van der Waals surface area contributed by atoms with Crippen molar-refractivity contribution in [2.24, 2.45) is 0 Å². The van der Waals surface area contributed by atoms with E-state index in [2.05, 4.69) is 9.97 Å². The molecule has 0 aliphatic carbocycles. The second-order valence-electron chi connectivity index (χ2n) is 6.49. The summed E-state index contributed by atoms with van der Waals surface area (Å²) in [6.07, 6.45) is 6.26. The molecule has 0 N–H and O–H groups in total. The van der Waals surface area contributed by atoms with Crippen LogP contribution < -0.4 is 4.90 Å². The summed E-state index contributed by atoms with van der Waals surface area (Å²) in [5.74, 6) is 0.555. The van der Waals surface area contributed by atoms with Gasteiger partial charge in [-0.1, -0.05) is 17.7 Å². The highest BCUT2D eigenvalue weighted by molar-refractivity contribution is 6.31. The van der Waals surface area contributed by atoms with Gasteiger partial charge < -0.3 is 9.80 Å². The lowest BCUT2D eigenvalue weighted by Gasteiger charge is -2.34. The molecule has 1 saturated heterocycles. The summed E-state index contributed by atoms with van der Waals surface area (Å²) in [4.78, 5) is 35.0. The van der Waals surface area contributed by atoms with Crippen LogP contribution in [-0.4, -0.2) is 56.3 Å². The zero-order valence-corrected chi connectivity index (χ0v) is 16.1.